The van der Waals surface area contributed by atoms with Crippen molar-refractivity contribution in [2.75, 3.05) is 7.11 Å². The van der Waals surface area contributed by atoms with E-state index in [0.717, 1.165) is 15.6 Å². The first-order valence-electron chi connectivity index (χ1n) is 11.4. The van der Waals surface area contributed by atoms with Crippen molar-refractivity contribution in [3.63, 3.8) is 0 Å². The molecule has 3 aliphatic rings. The number of aromatic nitrogens is 1. The first kappa shape index (κ1) is 21.8. The van der Waals surface area contributed by atoms with E-state index in [2.05, 4.69) is 15.9 Å². The Morgan fingerprint density at radius 1 is 1.17 bits per heavy atom. The quantitative estimate of drug-likeness (QED) is 0.356. The van der Waals surface area contributed by atoms with Crippen molar-refractivity contribution in [3.05, 3.63) is 96.1 Å². The first-order chi connectivity index (χ1) is 17.4. The van der Waals surface area contributed by atoms with Gasteiger partial charge in [0.05, 0.1) is 11.6 Å². The molecule has 36 heavy (non-hydrogen) atoms. The molecule has 7 nitrogen and oxygen atoms in total. The molecule has 0 bridgehead atoms. The molecule has 0 radical (unpaired) electrons. The number of rotatable bonds is 3. The molecule has 0 amide bonds. The summed E-state index contributed by atoms with van der Waals surface area (Å²) < 4.78 is 20.7. The molecule has 1 fully saturated rings. The van der Waals surface area contributed by atoms with Gasteiger partial charge in [0.15, 0.2) is 10.4 Å². The van der Waals surface area contributed by atoms with Gasteiger partial charge in [0, 0.05) is 21.7 Å². The Morgan fingerprint density at radius 2 is 1.94 bits per heavy atom. The topological polar surface area (TPSA) is 83.0 Å². The molecule has 2 aromatic heterocycles. The van der Waals surface area contributed by atoms with Gasteiger partial charge in [0.1, 0.15) is 34.8 Å². The summed E-state index contributed by atoms with van der Waals surface area (Å²) in [5, 5.41) is 0. The minimum absolute atomic E-state index is 0.192. The number of carbonyl (C=O) groups is 1. The monoisotopic (exact) mass is 562 g/mol. The second-order valence-corrected chi connectivity index (χ2v) is 11.3. The number of halogens is 1. The largest absolute Gasteiger partial charge is 0.481 e. The van der Waals surface area contributed by atoms with Crippen molar-refractivity contribution in [1.29, 1.82) is 0 Å². The van der Waals surface area contributed by atoms with Crippen LogP contribution >= 0.6 is 27.3 Å². The van der Waals surface area contributed by atoms with Gasteiger partial charge in [0.25, 0.3) is 5.56 Å². The van der Waals surface area contributed by atoms with Crippen molar-refractivity contribution in [3.8, 4) is 17.1 Å². The Labute approximate surface area is 217 Å². The number of ether oxygens (including phenoxy) is 2. The highest BCUT2D eigenvalue weighted by Gasteiger charge is 2.88. The summed E-state index contributed by atoms with van der Waals surface area (Å²) in [7, 11) is 1.37. The van der Waals surface area contributed by atoms with Crippen molar-refractivity contribution in [2.45, 2.75) is 24.1 Å². The van der Waals surface area contributed by atoms with E-state index in [9.17, 15) is 9.59 Å². The molecule has 1 saturated carbocycles. The van der Waals surface area contributed by atoms with E-state index in [1.807, 2.05) is 67.6 Å². The minimum Gasteiger partial charge on any atom is -0.481 e. The zero-order valence-electron chi connectivity index (χ0n) is 19.2. The fraction of sp³-hybridized carbons (Fsp3) is 0.222. The number of carbonyl (C=O) groups excluding carboxylic acids is 1. The fourth-order valence-corrected chi connectivity index (χ4v) is 7.13. The number of hydrogen-bond acceptors (Lipinski definition) is 7. The molecule has 2 aromatic carbocycles. The summed E-state index contributed by atoms with van der Waals surface area (Å²) in [5.41, 5.74) is -0.203. The minimum atomic E-state index is -0.988. The Bertz CT molecular complexity index is 1750. The molecule has 0 saturated heterocycles. The van der Waals surface area contributed by atoms with Gasteiger partial charge in [-0.25, -0.2) is 4.99 Å². The van der Waals surface area contributed by atoms with Gasteiger partial charge < -0.3 is 13.9 Å². The number of fused-ring (bicyclic) bond motifs is 4. The Morgan fingerprint density at radius 3 is 2.72 bits per heavy atom. The molecule has 180 valence electrons. The predicted octanol–water partition coefficient (Wildman–Crippen LogP) is 3.68. The Balaban J connectivity index is 1.38. The molecule has 4 unspecified atom stereocenters. The maximum absolute atomic E-state index is 13.8. The highest BCUT2D eigenvalue weighted by atomic mass is 79.9. The molecule has 9 heteroatoms. The predicted molar refractivity (Wildman–Crippen MR) is 137 cm³/mol. The van der Waals surface area contributed by atoms with E-state index < -0.39 is 23.1 Å². The zero-order valence-corrected chi connectivity index (χ0v) is 21.6. The highest BCUT2D eigenvalue weighted by molar-refractivity contribution is 9.10. The van der Waals surface area contributed by atoms with Gasteiger partial charge in [-0.1, -0.05) is 57.6 Å². The maximum atomic E-state index is 13.8. The fourth-order valence-electron chi connectivity index (χ4n) is 5.79. The molecule has 0 N–H and O–H groups in total. The molecule has 1 spiro atoms. The lowest BCUT2D eigenvalue weighted by molar-refractivity contribution is -0.144. The Kier molecular flexibility index (Phi) is 4.43. The lowest BCUT2D eigenvalue weighted by atomic mass is 9.97. The number of hydrogen-bond donors (Lipinski definition) is 0. The van der Waals surface area contributed by atoms with E-state index in [0.29, 0.717) is 26.6 Å². The summed E-state index contributed by atoms with van der Waals surface area (Å²) in [4.78, 5) is 32.0. The highest BCUT2D eigenvalue weighted by Crippen LogP contribution is 2.70. The SMILES string of the molecule is COC(=O)C1C2(C)N=c3s/c(=C\c4ccc(-c5ccc(Br)cc5)o4)c(=O)n3C3c4ccccc4OC312. The van der Waals surface area contributed by atoms with Crippen LogP contribution < -0.4 is 19.6 Å². The van der Waals surface area contributed by atoms with Crippen LogP contribution in [-0.4, -0.2) is 28.8 Å². The number of thiazole rings is 1. The van der Waals surface area contributed by atoms with Crippen LogP contribution in [0.15, 0.2) is 79.3 Å². The average Bonchev–Trinajstić information content (AvgIpc) is 3.28. The summed E-state index contributed by atoms with van der Waals surface area (Å²) >= 11 is 4.73. The van der Waals surface area contributed by atoms with Crippen LogP contribution in [0.2, 0.25) is 0 Å². The molecule has 4 heterocycles. The van der Waals surface area contributed by atoms with E-state index in [1.54, 1.807) is 10.6 Å². The van der Waals surface area contributed by atoms with Crippen molar-refractivity contribution < 1.29 is 18.7 Å². The van der Waals surface area contributed by atoms with Crippen LogP contribution in [0.4, 0.5) is 0 Å². The summed E-state index contributed by atoms with van der Waals surface area (Å²) in [6.07, 6.45) is 1.75. The summed E-state index contributed by atoms with van der Waals surface area (Å²) in [6.45, 7) is 1.90. The molecule has 4 aromatic rings. The van der Waals surface area contributed by atoms with Crippen LogP contribution in [0.1, 0.15) is 24.3 Å². The van der Waals surface area contributed by atoms with Gasteiger partial charge in [0.2, 0.25) is 0 Å². The number of esters is 1. The Hall–Kier alpha value is -3.43. The lowest BCUT2D eigenvalue weighted by Crippen LogP contribution is -2.47. The third-order valence-corrected chi connectivity index (χ3v) is 9.00. The van der Waals surface area contributed by atoms with Crippen molar-refractivity contribution in [1.82, 2.24) is 4.57 Å². The van der Waals surface area contributed by atoms with Crippen LogP contribution in [0.5, 0.6) is 5.75 Å². The van der Waals surface area contributed by atoms with Crippen LogP contribution in [0, 0.1) is 5.92 Å². The van der Waals surface area contributed by atoms with Crippen molar-refractivity contribution in [2.24, 2.45) is 10.9 Å². The summed E-state index contributed by atoms with van der Waals surface area (Å²) in [5.74, 6) is 0.962. The number of methoxy groups -OCH3 is 1. The van der Waals surface area contributed by atoms with E-state index in [-0.39, 0.29) is 11.5 Å². The molecule has 2 aliphatic heterocycles. The number of para-hydroxylation sites is 1. The van der Waals surface area contributed by atoms with E-state index >= 15 is 0 Å². The normalized spacial score (nSPS) is 27.2. The third-order valence-electron chi connectivity index (χ3n) is 7.49. The van der Waals surface area contributed by atoms with Crippen LogP contribution in [-0.2, 0) is 9.53 Å². The zero-order chi connectivity index (χ0) is 24.8. The van der Waals surface area contributed by atoms with Gasteiger partial charge in [-0.3, -0.25) is 14.2 Å². The van der Waals surface area contributed by atoms with Crippen LogP contribution in [0.3, 0.4) is 0 Å². The van der Waals surface area contributed by atoms with Gasteiger partial charge in [-0.05, 0) is 37.3 Å². The van der Waals surface area contributed by atoms with Gasteiger partial charge >= 0.3 is 5.97 Å². The average molecular weight is 563 g/mol. The number of nitrogens with zero attached hydrogens (tertiary/aromatic N) is 2. The van der Waals surface area contributed by atoms with Crippen LogP contribution in [0.25, 0.3) is 17.4 Å². The number of benzene rings is 2. The summed E-state index contributed by atoms with van der Waals surface area (Å²) in [6, 6.07) is 18.7. The maximum Gasteiger partial charge on any atom is 0.315 e. The third kappa shape index (κ3) is 2.70. The second-order valence-electron chi connectivity index (χ2n) is 9.33. The molecule has 1 aliphatic carbocycles. The first-order valence-corrected chi connectivity index (χ1v) is 13.0. The van der Waals surface area contributed by atoms with Crippen molar-refractivity contribution >= 4 is 39.3 Å². The van der Waals surface area contributed by atoms with Gasteiger partial charge in [-0.15, -0.1) is 0 Å². The second kappa shape index (κ2) is 7.30. The number of furan rings is 1. The van der Waals surface area contributed by atoms with Gasteiger partial charge in [-0.2, -0.15) is 0 Å². The smallest absolute Gasteiger partial charge is 0.315 e. The van der Waals surface area contributed by atoms with E-state index in [1.165, 1.54) is 18.4 Å². The standard InChI is InChI=1S/C27H19BrN2O5S/c1-26-21(24(32)33-2)27(26)22(17-5-3-4-6-19(17)35-27)30-23(31)20(36-25(30)29-26)13-16-11-12-18(34-16)14-7-9-15(28)10-8-14/h3-13,21-22H,1-2H3/b20-13-. The molecule has 4 atom stereocenters. The molecular formula is C27H19BrN2O5S. The molecule has 7 rings (SSSR count). The van der Waals surface area contributed by atoms with E-state index in [4.69, 9.17) is 18.9 Å². The molecular weight excluding hydrogens is 544 g/mol. The lowest BCUT2D eigenvalue weighted by Gasteiger charge is -2.26.